The van der Waals surface area contributed by atoms with Gasteiger partial charge in [0.15, 0.2) is 0 Å². The van der Waals surface area contributed by atoms with Crippen molar-refractivity contribution in [2.75, 3.05) is 17.3 Å². The van der Waals surface area contributed by atoms with Gasteiger partial charge in [-0.1, -0.05) is 60.7 Å². The van der Waals surface area contributed by atoms with E-state index in [0.717, 1.165) is 11.1 Å². The Balaban J connectivity index is 2.04. The van der Waals surface area contributed by atoms with Gasteiger partial charge in [0, 0.05) is 26.3 Å². The summed E-state index contributed by atoms with van der Waals surface area (Å²) in [5, 5.41) is 14.6. The summed E-state index contributed by atoms with van der Waals surface area (Å²) in [5.74, 6) is 0.356. The lowest BCUT2D eigenvalue weighted by molar-refractivity contribution is -0.383. The Morgan fingerprint density at radius 2 is 1.50 bits per heavy atom. The highest BCUT2D eigenvalue weighted by Crippen LogP contribution is 2.34. The van der Waals surface area contributed by atoms with E-state index in [1.54, 1.807) is 19.3 Å². The molecule has 3 rings (SSSR count). The highest BCUT2D eigenvalue weighted by atomic mass is 16.6. The van der Waals surface area contributed by atoms with E-state index in [0.29, 0.717) is 24.6 Å². The number of hydrogen-bond acceptors (Lipinski definition) is 5. The van der Waals surface area contributed by atoms with E-state index in [9.17, 15) is 10.1 Å². The van der Waals surface area contributed by atoms with E-state index in [1.165, 1.54) is 0 Å². The first kappa shape index (κ1) is 17.4. The first-order chi connectivity index (χ1) is 12.7. The maximum atomic E-state index is 11.7. The minimum absolute atomic E-state index is 0.0122. The molecule has 1 N–H and O–H groups in total. The molecule has 0 aliphatic rings. The monoisotopic (exact) mass is 348 g/mol. The summed E-state index contributed by atoms with van der Waals surface area (Å²) in [4.78, 5) is 17.6. The van der Waals surface area contributed by atoms with Crippen LogP contribution in [0.3, 0.4) is 0 Å². The second-order valence-electron chi connectivity index (χ2n) is 5.87. The molecule has 0 radical (unpaired) electrons. The van der Waals surface area contributed by atoms with Crippen LogP contribution in [0.1, 0.15) is 11.1 Å². The molecule has 0 aliphatic carbocycles. The van der Waals surface area contributed by atoms with Crippen LogP contribution in [0.5, 0.6) is 0 Å². The van der Waals surface area contributed by atoms with E-state index in [1.807, 2.05) is 65.6 Å². The molecule has 0 fully saturated rings. The highest BCUT2D eigenvalue weighted by molar-refractivity contribution is 5.73. The van der Waals surface area contributed by atoms with E-state index in [-0.39, 0.29) is 10.6 Å². The van der Waals surface area contributed by atoms with Crippen LogP contribution in [-0.4, -0.2) is 17.0 Å². The van der Waals surface area contributed by atoms with Crippen molar-refractivity contribution in [1.29, 1.82) is 0 Å². The van der Waals surface area contributed by atoms with Gasteiger partial charge in [0.1, 0.15) is 5.69 Å². The van der Waals surface area contributed by atoms with Crippen LogP contribution in [0.2, 0.25) is 0 Å². The van der Waals surface area contributed by atoms with Gasteiger partial charge in [0.05, 0.1) is 4.92 Å². The largest absolute Gasteiger partial charge is 0.382 e. The maximum absolute atomic E-state index is 11.7. The van der Waals surface area contributed by atoms with Gasteiger partial charge in [0.2, 0.25) is 5.82 Å². The molecular formula is C20H20N4O2. The van der Waals surface area contributed by atoms with E-state index in [4.69, 9.17) is 0 Å². The van der Waals surface area contributed by atoms with Crippen LogP contribution < -0.4 is 10.2 Å². The molecule has 6 nitrogen and oxygen atoms in total. The SMILES string of the molecule is CNc1ccnc(N(Cc2ccccc2)Cc2ccccc2)c1[N+](=O)[O-]. The molecule has 132 valence electrons. The quantitative estimate of drug-likeness (QED) is 0.511. The van der Waals surface area contributed by atoms with Gasteiger partial charge in [-0.15, -0.1) is 0 Å². The molecule has 1 heterocycles. The zero-order chi connectivity index (χ0) is 18.4. The molecule has 3 aromatic rings. The van der Waals surface area contributed by atoms with Gasteiger partial charge in [-0.2, -0.15) is 0 Å². The minimum atomic E-state index is -0.378. The van der Waals surface area contributed by atoms with Crippen molar-refractivity contribution in [1.82, 2.24) is 4.98 Å². The van der Waals surface area contributed by atoms with E-state index >= 15 is 0 Å². The Bertz CT molecular complexity index is 828. The lowest BCUT2D eigenvalue weighted by Gasteiger charge is -2.24. The third kappa shape index (κ3) is 3.97. The molecule has 0 aliphatic heterocycles. The average molecular weight is 348 g/mol. The van der Waals surface area contributed by atoms with Crippen LogP contribution >= 0.6 is 0 Å². The number of nitrogens with one attached hydrogen (secondary N) is 1. The molecule has 0 bridgehead atoms. The number of anilines is 2. The van der Waals surface area contributed by atoms with Crippen molar-refractivity contribution in [3.8, 4) is 0 Å². The number of pyridine rings is 1. The van der Waals surface area contributed by atoms with Gasteiger partial charge in [-0.05, 0) is 17.2 Å². The Labute approximate surface area is 152 Å². The van der Waals surface area contributed by atoms with Gasteiger partial charge in [-0.25, -0.2) is 4.98 Å². The number of hydrogen-bond donors (Lipinski definition) is 1. The van der Waals surface area contributed by atoms with Gasteiger partial charge >= 0.3 is 5.69 Å². The van der Waals surface area contributed by atoms with Crippen LogP contribution in [0, 0.1) is 10.1 Å². The molecule has 0 saturated heterocycles. The average Bonchev–Trinajstić information content (AvgIpc) is 2.68. The zero-order valence-corrected chi connectivity index (χ0v) is 14.5. The molecule has 0 saturated carbocycles. The fourth-order valence-electron chi connectivity index (χ4n) is 2.87. The van der Waals surface area contributed by atoms with Crippen LogP contribution in [0.25, 0.3) is 0 Å². The topological polar surface area (TPSA) is 71.3 Å². The van der Waals surface area contributed by atoms with Gasteiger partial charge in [-0.3, -0.25) is 10.1 Å². The second kappa shape index (κ2) is 8.11. The summed E-state index contributed by atoms with van der Waals surface area (Å²) in [5.41, 5.74) is 2.57. The normalized spacial score (nSPS) is 10.3. The molecule has 6 heteroatoms. The van der Waals surface area contributed by atoms with Crippen LogP contribution in [-0.2, 0) is 13.1 Å². The molecule has 1 aromatic heterocycles. The van der Waals surface area contributed by atoms with Crippen LogP contribution in [0.15, 0.2) is 72.9 Å². The van der Waals surface area contributed by atoms with Gasteiger partial charge in [0.25, 0.3) is 0 Å². The minimum Gasteiger partial charge on any atom is -0.382 e. The molecule has 0 amide bonds. The molecule has 0 spiro atoms. The summed E-state index contributed by atoms with van der Waals surface area (Å²) >= 11 is 0. The number of rotatable bonds is 7. The zero-order valence-electron chi connectivity index (χ0n) is 14.5. The third-order valence-electron chi connectivity index (χ3n) is 4.09. The molecule has 26 heavy (non-hydrogen) atoms. The summed E-state index contributed by atoms with van der Waals surface area (Å²) in [6.07, 6.45) is 1.59. The number of nitrogens with zero attached hydrogens (tertiary/aromatic N) is 3. The Morgan fingerprint density at radius 1 is 0.962 bits per heavy atom. The maximum Gasteiger partial charge on any atom is 0.334 e. The van der Waals surface area contributed by atoms with Crippen molar-refractivity contribution < 1.29 is 4.92 Å². The Hall–Kier alpha value is -3.41. The fraction of sp³-hybridized carbons (Fsp3) is 0.150. The predicted molar refractivity (Wildman–Crippen MR) is 103 cm³/mol. The van der Waals surface area contributed by atoms with E-state index in [2.05, 4.69) is 10.3 Å². The standard InChI is InChI=1S/C20H20N4O2/c1-21-18-12-13-22-20(19(18)24(25)26)23(14-16-8-4-2-5-9-16)15-17-10-6-3-7-11-17/h2-13H,14-15H2,1H3,(H,21,22). The van der Waals surface area contributed by atoms with Crippen molar-refractivity contribution in [2.45, 2.75) is 13.1 Å². The van der Waals surface area contributed by atoms with Crippen molar-refractivity contribution in [3.05, 3.63) is 94.2 Å². The molecule has 0 atom stereocenters. The first-order valence-corrected chi connectivity index (χ1v) is 8.33. The highest BCUT2D eigenvalue weighted by Gasteiger charge is 2.25. The molecular weight excluding hydrogens is 328 g/mol. The van der Waals surface area contributed by atoms with Gasteiger partial charge < -0.3 is 10.2 Å². The Kier molecular flexibility index (Phi) is 5.43. The molecule has 2 aromatic carbocycles. The number of benzene rings is 2. The molecule has 0 unspecified atom stereocenters. The fourth-order valence-corrected chi connectivity index (χ4v) is 2.87. The third-order valence-corrected chi connectivity index (χ3v) is 4.09. The lowest BCUT2D eigenvalue weighted by atomic mass is 10.1. The van der Waals surface area contributed by atoms with Crippen molar-refractivity contribution >= 4 is 17.2 Å². The number of aromatic nitrogens is 1. The predicted octanol–water partition coefficient (Wildman–Crippen LogP) is 4.24. The van der Waals surface area contributed by atoms with Crippen LogP contribution in [0.4, 0.5) is 17.2 Å². The smallest absolute Gasteiger partial charge is 0.334 e. The van der Waals surface area contributed by atoms with Crippen molar-refractivity contribution in [3.63, 3.8) is 0 Å². The number of nitro groups is 1. The second-order valence-corrected chi connectivity index (χ2v) is 5.87. The summed E-state index contributed by atoms with van der Waals surface area (Å²) < 4.78 is 0. The first-order valence-electron chi connectivity index (χ1n) is 8.33. The summed E-state index contributed by atoms with van der Waals surface area (Å²) in [6, 6.07) is 21.4. The Morgan fingerprint density at radius 3 is 1.96 bits per heavy atom. The summed E-state index contributed by atoms with van der Waals surface area (Å²) in [7, 11) is 1.67. The summed E-state index contributed by atoms with van der Waals surface area (Å²) in [6.45, 7) is 1.05. The lowest BCUT2D eigenvalue weighted by Crippen LogP contribution is -2.24. The van der Waals surface area contributed by atoms with E-state index < -0.39 is 0 Å². The van der Waals surface area contributed by atoms with Crippen molar-refractivity contribution in [2.24, 2.45) is 0 Å².